The van der Waals surface area contributed by atoms with Crippen molar-refractivity contribution in [1.29, 1.82) is 0 Å². The van der Waals surface area contributed by atoms with Crippen LogP contribution in [-0.2, 0) is 14.3 Å². The number of hydrogen-bond acceptors (Lipinski definition) is 4. The molecule has 4 heteroatoms. The van der Waals surface area contributed by atoms with Crippen molar-refractivity contribution in [2.24, 2.45) is 0 Å². The molecule has 0 aromatic heterocycles. The minimum atomic E-state index is -0.538. The summed E-state index contributed by atoms with van der Waals surface area (Å²) in [5.74, 6) is -0.346. The molecule has 0 bridgehead atoms. The van der Waals surface area contributed by atoms with E-state index in [2.05, 4.69) is 0 Å². The molecule has 0 N–H and O–H groups in total. The predicted octanol–water partition coefficient (Wildman–Crippen LogP) is 0.664. The maximum atomic E-state index is 10.7. The topological polar surface area (TPSA) is 35.5 Å². The largest absolute Gasteiger partial charge is 0.469 e. The van der Waals surface area contributed by atoms with Crippen molar-refractivity contribution in [3.8, 4) is 0 Å². The van der Waals surface area contributed by atoms with Crippen LogP contribution in [0.5, 0.6) is 0 Å². The lowest BCUT2D eigenvalue weighted by Gasteiger charge is -2.24. The van der Waals surface area contributed by atoms with Crippen LogP contribution in [0, 0.1) is 0 Å². The molecule has 1 aliphatic heterocycles. The van der Waals surface area contributed by atoms with Crippen molar-refractivity contribution in [1.82, 2.24) is 0 Å². The van der Waals surface area contributed by atoms with Gasteiger partial charge in [-0.1, -0.05) is 0 Å². The highest BCUT2D eigenvalue weighted by molar-refractivity contribution is 7.80. The molecule has 1 aliphatic rings. The lowest BCUT2D eigenvalue weighted by atomic mass is 10.3. The molecule has 0 spiro atoms. The van der Waals surface area contributed by atoms with Crippen LogP contribution in [0.4, 0.5) is 0 Å². The van der Waals surface area contributed by atoms with Gasteiger partial charge < -0.3 is 9.47 Å². The second kappa shape index (κ2) is 2.54. The summed E-state index contributed by atoms with van der Waals surface area (Å²) in [6.07, 6.45) is -0.914. The van der Waals surface area contributed by atoms with Gasteiger partial charge in [-0.05, 0) is 26.1 Å². The average molecular weight is 160 g/mol. The minimum Gasteiger partial charge on any atom is -0.469 e. The summed E-state index contributed by atoms with van der Waals surface area (Å²) >= 11 is 4.76. The molecule has 2 atom stereocenters. The van der Waals surface area contributed by atoms with Crippen molar-refractivity contribution in [2.45, 2.75) is 26.1 Å². The first-order chi connectivity index (χ1) is 4.61. The van der Waals surface area contributed by atoms with E-state index in [0.29, 0.717) is 5.05 Å². The van der Waals surface area contributed by atoms with Crippen LogP contribution in [0.1, 0.15) is 13.8 Å². The molecule has 0 aromatic rings. The van der Waals surface area contributed by atoms with Crippen molar-refractivity contribution >= 4 is 23.2 Å². The molecule has 2 unspecified atom stereocenters. The fourth-order valence-corrected chi connectivity index (χ4v) is 0.829. The van der Waals surface area contributed by atoms with Crippen molar-refractivity contribution < 1.29 is 14.3 Å². The first-order valence-electron chi connectivity index (χ1n) is 3.02. The molecule has 1 rings (SSSR count). The summed E-state index contributed by atoms with van der Waals surface area (Å²) in [4.78, 5) is 10.7. The van der Waals surface area contributed by atoms with Crippen LogP contribution in [0.15, 0.2) is 0 Å². The van der Waals surface area contributed by atoms with Crippen molar-refractivity contribution in [3.05, 3.63) is 0 Å². The quantitative estimate of drug-likeness (QED) is 0.385. The molecule has 3 nitrogen and oxygen atoms in total. The van der Waals surface area contributed by atoms with Gasteiger partial charge in [-0.15, -0.1) is 0 Å². The molecule has 0 aliphatic carbocycles. The van der Waals surface area contributed by atoms with Gasteiger partial charge in [-0.2, -0.15) is 0 Å². The minimum absolute atomic E-state index is 0.346. The smallest absolute Gasteiger partial charge is 0.347 e. The summed E-state index contributed by atoms with van der Waals surface area (Å²) in [7, 11) is 0. The predicted molar refractivity (Wildman–Crippen MR) is 38.7 cm³/mol. The zero-order valence-electron chi connectivity index (χ0n) is 5.79. The molecule has 1 heterocycles. The van der Waals surface area contributed by atoms with Crippen molar-refractivity contribution in [2.75, 3.05) is 0 Å². The van der Waals surface area contributed by atoms with E-state index in [1.165, 1.54) is 0 Å². The van der Waals surface area contributed by atoms with Crippen molar-refractivity contribution in [3.63, 3.8) is 0 Å². The molecule has 0 saturated carbocycles. The summed E-state index contributed by atoms with van der Waals surface area (Å²) in [6.45, 7) is 3.30. The Labute approximate surface area is 64.3 Å². The van der Waals surface area contributed by atoms with Crippen LogP contribution in [0.2, 0.25) is 0 Å². The van der Waals surface area contributed by atoms with Crippen LogP contribution in [-0.4, -0.2) is 23.2 Å². The van der Waals surface area contributed by atoms with Crippen LogP contribution < -0.4 is 0 Å². The molecule has 0 amide bonds. The van der Waals surface area contributed by atoms with Gasteiger partial charge in [0, 0.05) is 0 Å². The molecule has 56 valence electrons. The van der Waals surface area contributed by atoms with E-state index in [0.717, 1.165) is 0 Å². The Hall–Kier alpha value is -0.640. The van der Waals surface area contributed by atoms with E-state index in [9.17, 15) is 4.79 Å². The number of carbonyl (C=O) groups excluding carboxylic acids is 1. The SMILES string of the molecule is CC1OC(=S)C(C)OC1=O. The lowest BCUT2D eigenvalue weighted by molar-refractivity contribution is -0.159. The number of cyclic esters (lactones) is 1. The number of thiocarbonyl (C=S) groups is 1. The van der Waals surface area contributed by atoms with E-state index >= 15 is 0 Å². The number of ether oxygens (including phenoxy) is 2. The maximum absolute atomic E-state index is 10.7. The van der Waals surface area contributed by atoms with E-state index in [-0.39, 0.29) is 12.1 Å². The van der Waals surface area contributed by atoms with Gasteiger partial charge in [0.25, 0.3) is 0 Å². The van der Waals surface area contributed by atoms with Crippen LogP contribution >= 0.6 is 12.2 Å². The number of hydrogen-bond donors (Lipinski definition) is 0. The third-order valence-corrected chi connectivity index (χ3v) is 1.68. The standard InChI is InChI=1S/C6H8O3S/c1-3-5(7)8-4(2)6(10)9-3/h3-4H,1-2H3. The van der Waals surface area contributed by atoms with Gasteiger partial charge >= 0.3 is 5.97 Å². The van der Waals surface area contributed by atoms with Crippen LogP contribution in [0.3, 0.4) is 0 Å². The molecular weight excluding hydrogens is 152 g/mol. The third kappa shape index (κ3) is 1.26. The number of rotatable bonds is 0. The maximum Gasteiger partial charge on any atom is 0.347 e. The van der Waals surface area contributed by atoms with E-state index < -0.39 is 6.10 Å². The second-order valence-corrected chi connectivity index (χ2v) is 2.56. The van der Waals surface area contributed by atoms with E-state index in [1.54, 1.807) is 13.8 Å². The van der Waals surface area contributed by atoms with Gasteiger partial charge in [-0.25, -0.2) is 4.79 Å². The first kappa shape index (κ1) is 7.47. The summed E-state index contributed by atoms with van der Waals surface area (Å²) in [5.41, 5.74) is 0. The lowest BCUT2D eigenvalue weighted by Crippen LogP contribution is -2.39. The fraction of sp³-hybridized carbons (Fsp3) is 0.667. The zero-order chi connectivity index (χ0) is 7.72. The molecule has 1 saturated heterocycles. The summed E-state index contributed by atoms with van der Waals surface area (Å²) in [6, 6.07) is 0. The Morgan fingerprint density at radius 1 is 1.30 bits per heavy atom. The third-order valence-electron chi connectivity index (χ3n) is 1.25. The first-order valence-corrected chi connectivity index (χ1v) is 3.43. The molecule has 0 radical (unpaired) electrons. The highest BCUT2D eigenvalue weighted by atomic mass is 32.1. The van der Waals surface area contributed by atoms with Gasteiger partial charge in [0.05, 0.1) is 0 Å². The molecule has 10 heavy (non-hydrogen) atoms. The van der Waals surface area contributed by atoms with Gasteiger partial charge in [0.1, 0.15) is 0 Å². The number of esters is 1. The average Bonchev–Trinajstić information content (AvgIpc) is 1.84. The Bertz CT molecular complexity index is 158. The Morgan fingerprint density at radius 3 is 2.40 bits per heavy atom. The Morgan fingerprint density at radius 2 is 1.90 bits per heavy atom. The fourth-order valence-electron chi connectivity index (χ4n) is 0.636. The highest BCUT2D eigenvalue weighted by Crippen LogP contribution is 2.10. The van der Waals surface area contributed by atoms with Crippen LogP contribution in [0.25, 0.3) is 0 Å². The van der Waals surface area contributed by atoms with E-state index in [4.69, 9.17) is 21.7 Å². The molecule has 1 fully saturated rings. The monoisotopic (exact) mass is 160 g/mol. The zero-order valence-corrected chi connectivity index (χ0v) is 6.60. The summed E-state index contributed by atoms with van der Waals surface area (Å²) < 4.78 is 9.77. The van der Waals surface area contributed by atoms with Gasteiger partial charge in [0.15, 0.2) is 12.2 Å². The summed E-state index contributed by atoms with van der Waals surface area (Å²) in [5, 5.41) is 0.354. The normalized spacial score (nSPS) is 33.0. The Kier molecular flexibility index (Phi) is 1.89. The molecular formula is C6H8O3S. The van der Waals surface area contributed by atoms with Gasteiger partial charge in [-0.3, -0.25) is 0 Å². The molecule has 0 aromatic carbocycles. The number of carbonyl (C=O) groups is 1. The van der Waals surface area contributed by atoms with Gasteiger partial charge in [0.2, 0.25) is 5.05 Å². The van der Waals surface area contributed by atoms with E-state index in [1.807, 2.05) is 0 Å². The second-order valence-electron chi connectivity index (χ2n) is 2.16. The Balaban J connectivity index is 2.63. The highest BCUT2D eigenvalue weighted by Gasteiger charge is 2.29.